The van der Waals surface area contributed by atoms with E-state index >= 15 is 0 Å². The molecule has 2 unspecified atom stereocenters. The summed E-state index contributed by atoms with van der Waals surface area (Å²) in [6.45, 7) is 0. The molecule has 2 aromatic rings. The molecule has 1 aromatic heterocycles. The minimum atomic E-state index is -0.904. The van der Waals surface area contributed by atoms with Crippen LogP contribution in [0.25, 0.3) is 0 Å². The van der Waals surface area contributed by atoms with E-state index in [4.69, 9.17) is 16.9 Å². The summed E-state index contributed by atoms with van der Waals surface area (Å²) in [7, 11) is 0. The number of hydrogen-bond acceptors (Lipinski definition) is 3. The molecular formula is C16H15ClFN3O. The van der Waals surface area contributed by atoms with Crippen molar-refractivity contribution in [1.82, 2.24) is 9.55 Å². The maximum Gasteiger partial charge on any atom is 0.140 e. The van der Waals surface area contributed by atoms with Gasteiger partial charge in [0.15, 0.2) is 0 Å². The van der Waals surface area contributed by atoms with Crippen molar-refractivity contribution in [2.24, 2.45) is 0 Å². The van der Waals surface area contributed by atoms with Gasteiger partial charge in [-0.05, 0) is 24.5 Å². The van der Waals surface area contributed by atoms with E-state index in [9.17, 15) is 9.50 Å². The Hall–Kier alpha value is -1.90. The van der Waals surface area contributed by atoms with Gasteiger partial charge >= 0.3 is 0 Å². The molecule has 1 aromatic carbocycles. The molecule has 0 radical (unpaired) electrons. The first-order valence-electron chi connectivity index (χ1n) is 7.07. The third-order valence-corrected chi connectivity index (χ3v) is 4.69. The van der Waals surface area contributed by atoms with E-state index in [0.717, 1.165) is 12.8 Å². The Morgan fingerprint density at radius 2 is 2.18 bits per heavy atom. The number of aromatic nitrogens is 2. The van der Waals surface area contributed by atoms with Crippen LogP contribution in [0.15, 0.2) is 36.8 Å². The Morgan fingerprint density at radius 1 is 1.45 bits per heavy atom. The number of imidazole rings is 1. The predicted molar refractivity (Wildman–Crippen MR) is 79.9 cm³/mol. The van der Waals surface area contributed by atoms with Gasteiger partial charge in [-0.1, -0.05) is 18.2 Å². The minimum absolute atomic E-state index is 0.134. The van der Waals surface area contributed by atoms with Gasteiger partial charge in [-0.2, -0.15) is 5.26 Å². The first-order valence-corrected chi connectivity index (χ1v) is 7.45. The van der Waals surface area contributed by atoms with Gasteiger partial charge in [0.2, 0.25) is 0 Å². The number of nitrogens with zero attached hydrogens (tertiary/aromatic N) is 3. The van der Waals surface area contributed by atoms with Crippen LogP contribution >= 0.6 is 11.6 Å². The molecule has 6 heteroatoms. The Bertz CT molecular complexity index is 720. The molecule has 1 N–H and O–H groups in total. The molecule has 4 nitrogen and oxygen atoms in total. The largest absolute Gasteiger partial charge is 0.391 e. The van der Waals surface area contributed by atoms with Gasteiger partial charge in [-0.15, -0.1) is 11.6 Å². The zero-order valence-corrected chi connectivity index (χ0v) is 12.5. The fourth-order valence-electron chi connectivity index (χ4n) is 2.81. The summed E-state index contributed by atoms with van der Waals surface area (Å²) < 4.78 is 15.4. The van der Waals surface area contributed by atoms with Gasteiger partial charge in [-0.25, -0.2) is 9.37 Å². The van der Waals surface area contributed by atoms with Crippen LogP contribution in [0.3, 0.4) is 0 Å². The van der Waals surface area contributed by atoms with Crippen molar-refractivity contribution in [3.05, 3.63) is 53.9 Å². The number of nitriles is 1. The van der Waals surface area contributed by atoms with E-state index in [2.05, 4.69) is 4.98 Å². The zero-order chi connectivity index (χ0) is 15.7. The summed E-state index contributed by atoms with van der Waals surface area (Å²) in [6.07, 6.45) is 3.65. The Morgan fingerprint density at radius 3 is 2.82 bits per heavy atom. The number of halogens is 2. The maximum atomic E-state index is 13.8. The van der Waals surface area contributed by atoms with Gasteiger partial charge in [0.1, 0.15) is 17.6 Å². The lowest BCUT2D eigenvalue weighted by Gasteiger charge is -2.29. The average Bonchev–Trinajstić information content (AvgIpc) is 3.06. The topological polar surface area (TPSA) is 61.8 Å². The van der Waals surface area contributed by atoms with Crippen LogP contribution in [0.5, 0.6) is 0 Å². The average molecular weight is 320 g/mol. The van der Waals surface area contributed by atoms with Crippen molar-refractivity contribution >= 4 is 11.6 Å². The number of alkyl halides is 1. The predicted octanol–water partition coefficient (Wildman–Crippen LogP) is 2.81. The molecular weight excluding hydrogens is 305 g/mol. The highest BCUT2D eigenvalue weighted by molar-refractivity contribution is 6.26. The molecule has 1 aliphatic rings. The molecule has 1 aliphatic carbocycles. The van der Waals surface area contributed by atoms with E-state index in [1.807, 2.05) is 6.07 Å². The van der Waals surface area contributed by atoms with Gasteiger partial charge in [0.25, 0.3) is 0 Å². The first-order chi connectivity index (χ1) is 10.5. The zero-order valence-electron chi connectivity index (χ0n) is 11.8. The van der Waals surface area contributed by atoms with Crippen molar-refractivity contribution in [3.63, 3.8) is 0 Å². The van der Waals surface area contributed by atoms with Crippen molar-refractivity contribution in [2.75, 3.05) is 0 Å². The molecule has 2 atom stereocenters. The summed E-state index contributed by atoms with van der Waals surface area (Å²) in [5.41, 5.74) is 0.768. The molecule has 0 bridgehead atoms. The van der Waals surface area contributed by atoms with Crippen molar-refractivity contribution in [2.45, 2.75) is 36.3 Å². The SMILES string of the molecule is N#Cc1cncn1C(C(O)Cc1ccccc1F)C1(Cl)CC1. The fourth-order valence-corrected chi connectivity index (χ4v) is 3.15. The Labute approximate surface area is 132 Å². The summed E-state index contributed by atoms with van der Waals surface area (Å²) in [5, 5.41) is 19.8. The van der Waals surface area contributed by atoms with Crippen molar-refractivity contribution in [3.8, 4) is 6.07 Å². The molecule has 1 heterocycles. The molecule has 1 saturated carbocycles. The van der Waals surface area contributed by atoms with Gasteiger partial charge < -0.3 is 9.67 Å². The van der Waals surface area contributed by atoms with E-state index in [1.165, 1.54) is 18.6 Å². The molecule has 0 aliphatic heterocycles. The summed E-state index contributed by atoms with van der Waals surface area (Å²) in [4.78, 5) is 3.36. The lowest BCUT2D eigenvalue weighted by Crippen LogP contribution is -2.35. The standard InChI is InChI=1S/C16H15ClFN3O/c17-16(5-6-16)15(21-10-20-9-12(21)8-19)14(22)7-11-3-1-2-4-13(11)18/h1-4,9-10,14-15,22H,5-7H2. The van der Waals surface area contributed by atoms with E-state index in [-0.39, 0.29) is 12.2 Å². The molecule has 0 amide bonds. The summed E-state index contributed by atoms with van der Waals surface area (Å²) in [5.74, 6) is -0.356. The van der Waals surface area contributed by atoms with E-state index in [0.29, 0.717) is 11.3 Å². The number of aliphatic hydroxyl groups excluding tert-OH is 1. The number of benzene rings is 1. The molecule has 0 saturated heterocycles. The van der Waals surface area contributed by atoms with Crippen LogP contribution in [-0.4, -0.2) is 25.6 Å². The van der Waals surface area contributed by atoms with Gasteiger partial charge in [0, 0.05) is 6.42 Å². The third kappa shape index (κ3) is 2.72. The fraction of sp³-hybridized carbons (Fsp3) is 0.375. The first kappa shape index (κ1) is 15.0. The van der Waals surface area contributed by atoms with E-state index in [1.54, 1.807) is 22.8 Å². The van der Waals surface area contributed by atoms with Crippen LogP contribution in [0.4, 0.5) is 4.39 Å². The normalized spacial score (nSPS) is 18.5. The van der Waals surface area contributed by atoms with Crippen LogP contribution in [0.2, 0.25) is 0 Å². The van der Waals surface area contributed by atoms with E-state index < -0.39 is 17.0 Å². The molecule has 1 fully saturated rings. The number of rotatable bonds is 5. The lowest BCUT2D eigenvalue weighted by molar-refractivity contribution is 0.104. The molecule has 114 valence electrons. The van der Waals surface area contributed by atoms with Crippen LogP contribution in [-0.2, 0) is 6.42 Å². The number of hydrogen-bond donors (Lipinski definition) is 1. The lowest BCUT2D eigenvalue weighted by atomic mass is 9.97. The van der Waals surface area contributed by atoms with Gasteiger partial charge in [0.05, 0.1) is 29.5 Å². The summed E-state index contributed by atoms with van der Waals surface area (Å²) in [6, 6.07) is 7.87. The molecule has 22 heavy (non-hydrogen) atoms. The van der Waals surface area contributed by atoms with Crippen LogP contribution < -0.4 is 0 Å². The van der Waals surface area contributed by atoms with Crippen LogP contribution in [0, 0.1) is 17.1 Å². The number of aliphatic hydroxyl groups is 1. The molecule has 0 spiro atoms. The monoisotopic (exact) mass is 319 g/mol. The van der Waals surface area contributed by atoms with Crippen molar-refractivity contribution < 1.29 is 9.50 Å². The van der Waals surface area contributed by atoms with Gasteiger partial charge in [-0.3, -0.25) is 0 Å². The highest BCUT2D eigenvalue weighted by Crippen LogP contribution is 2.53. The van der Waals surface area contributed by atoms with Crippen LogP contribution in [0.1, 0.15) is 30.1 Å². The maximum absolute atomic E-state index is 13.8. The second-order valence-electron chi connectivity index (χ2n) is 5.64. The Balaban J connectivity index is 1.91. The highest BCUT2D eigenvalue weighted by Gasteiger charge is 2.52. The minimum Gasteiger partial charge on any atom is -0.391 e. The Kier molecular flexibility index (Phi) is 3.90. The quantitative estimate of drug-likeness (QED) is 0.862. The summed E-state index contributed by atoms with van der Waals surface area (Å²) >= 11 is 6.52. The highest BCUT2D eigenvalue weighted by atomic mass is 35.5. The smallest absolute Gasteiger partial charge is 0.140 e. The second-order valence-corrected chi connectivity index (χ2v) is 6.39. The second kappa shape index (κ2) is 5.71. The van der Waals surface area contributed by atoms with Crippen molar-refractivity contribution in [1.29, 1.82) is 5.26 Å². The molecule has 3 rings (SSSR count). The third-order valence-electron chi connectivity index (χ3n) is 4.09.